The van der Waals surface area contributed by atoms with E-state index in [1.165, 1.54) is 17.4 Å². The van der Waals surface area contributed by atoms with Crippen molar-refractivity contribution in [2.24, 2.45) is 4.99 Å². The zero-order valence-corrected chi connectivity index (χ0v) is 20.4. The molecule has 3 aromatic carbocycles. The number of amidine groups is 1. The molecule has 0 N–H and O–H groups in total. The molecule has 0 saturated carbocycles. The van der Waals surface area contributed by atoms with E-state index >= 15 is 0 Å². The lowest BCUT2D eigenvalue weighted by Crippen LogP contribution is -2.47. The summed E-state index contributed by atoms with van der Waals surface area (Å²) >= 11 is 1.46. The van der Waals surface area contributed by atoms with Gasteiger partial charge in [-0.05, 0) is 65.4 Å². The van der Waals surface area contributed by atoms with Gasteiger partial charge in [-0.25, -0.2) is 0 Å². The van der Waals surface area contributed by atoms with Crippen molar-refractivity contribution in [1.82, 2.24) is 4.90 Å². The first kappa shape index (κ1) is 23.1. The first-order valence-electron chi connectivity index (χ1n) is 11.6. The van der Waals surface area contributed by atoms with Gasteiger partial charge in [0.1, 0.15) is 18.1 Å². The van der Waals surface area contributed by atoms with Crippen molar-refractivity contribution >= 4 is 34.6 Å². The Bertz CT molecular complexity index is 1220. The van der Waals surface area contributed by atoms with Gasteiger partial charge in [-0.1, -0.05) is 42.5 Å². The number of hydrogen-bond acceptors (Lipinski definition) is 6. The van der Waals surface area contributed by atoms with Crippen molar-refractivity contribution in [3.05, 3.63) is 94.9 Å². The minimum Gasteiger partial charge on any atom is -0.497 e. The highest BCUT2D eigenvalue weighted by atomic mass is 32.2. The first-order valence-corrected chi connectivity index (χ1v) is 12.4. The predicted octanol–water partition coefficient (Wildman–Crippen LogP) is 5.07. The van der Waals surface area contributed by atoms with Gasteiger partial charge in [0.15, 0.2) is 5.17 Å². The molecule has 35 heavy (non-hydrogen) atoms. The van der Waals surface area contributed by atoms with Gasteiger partial charge in [0.25, 0.3) is 5.91 Å². The van der Waals surface area contributed by atoms with E-state index in [4.69, 9.17) is 9.47 Å². The fraction of sp³-hybridized carbons (Fsp3) is 0.214. The smallest absolute Gasteiger partial charge is 0.286 e. The van der Waals surface area contributed by atoms with Crippen LogP contribution in [0.15, 0.2) is 88.8 Å². The molecule has 5 rings (SSSR count). The summed E-state index contributed by atoms with van der Waals surface area (Å²) in [6.45, 7) is 3.93. The number of benzene rings is 3. The molecule has 6 nitrogen and oxygen atoms in total. The third-order valence-electron chi connectivity index (χ3n) is 6.02. The molecule has 3 aromatic rings. The van der Waals surface area contributed by atoms with Crippen molar-refractivity contribution in [2.75, 3.05) is 38.2 Å². The third-order valence-corrected chi connectivity index (χ3v) is 7.07. The van der Waals surface area contributed by atoms with E-state index in [2.05, 4.69) is 26.9 Å². The van der Waals surface area contributed by atoms with Crippen molar-refractivity contribution in [2.45, 2.75) is 6.61 Å². The fourth-order valence-corrected chi connectivity index (χ4v) is 5.00. The largest absolute Gasteiger partial charge is 0.497 e. The summed E-state index contributed by atoms with van der Waals surface area (Å²) in [7, 11) is 1.68. The second-order valence-electron chi connectivity index (χ2n) is 8.33. The second-order valence-corrected chi connectivity index (χ2v) is 9.33. The molecule has 0 aromatic heterocycles. The zero-order chi connectivity index (χ0) is 24.0. The molecule has 0 spiro atoms. The van der Waals surface area contributed by atoms with E-state index in [0.717, 1.165) is 54.0 Å². The number of piperazine rings is 1. The lowest BCUT2D eigenvalue weighted by atomic mass is 10.2. The van der Waals surface area contributed by atoms with Crippen LogP contribution in [0.5, 0.6) is 11.5 Å². The number of aliphatic imine (C=N–C) groups is 1. The Morgan fingerprint density at radius 1 is 0.857 bits per heavy atom. The van der Waals surface area contributed by atoms with Crippen LogP contribution in [0.25, 0.3) is 6.08 Å². The van der Waals surface area contributed by atoms with E-state index in [1.54, 1.807) is 7.11 Å². The van der Waals surface area contributed by atoms with Crippen LogP contribution < -0.4 is 14.4 Å². The van der Waals surface area contributed by atoms with E-state index in [-0.39, 0.29) is 5.91 Å². The molecule has 2 heterocycles. The highest BCUT2D eigenvalue weighted by Crippen LogP contribution is 2.31. The van der Waals surface area contributed by atoms with Gasteiger partial charge in [-0.3, -0.25) is 4.79 Å². The second kappa shape index (κ2) is 10.7. The van der Waals surface area contributed by atoms with E-state index in [1.807, 2.05) is 72.8 Å². The van der Waals surface area contributed by atoms with Gasteiger partial charge < -0.3 is 19.3 Å². The summed E-state index contributed by atoms with van der Waals surface area (Å²) in [4.78, 5) is 22.1. The molecule has 2 aliphatic rings. The minimum absolute atomic E-state index is 0.174. The molecule has 0 bridgehead atoms. The lowest BCUT2D eigenvalue weighted by molar-refractivity contribution is -0.113. The molecule has 0 radical (unpaired) electrons. The summed E-state index contributed by atoms with van der Waals surface area (Å²) in [5.41, 5.74) is 3.26. The Labute approximate surface area is 209 Å². The Hall–Kier alpha value is -3.71. The molecule has 178 valence electrons. The molecular weight excluding hydrogens is 458 g/mol. The predicted molar refractivity (Wildman–Crippen MR) is 142 cm³/mol. The van der Waals surface area contributed by atoms with Crippen LogP contribution in [0.3, 0.4) is 0 Å². The molecule has 2 aliphatic heterocycles. The Balaban J connectivity index is 1.15. The Kier molecular flexibility index (Phi) is 7.04. The number of carbonyl (C=O) groups is 1. The molecular formula is C28H27N3O3S. The van der Waals surface area contributed by atoms with Gasteiger partial charge in [-0.15, -0.1) is 0 Å². The molecule has 1 fully saturated rings. The quantitative estimate of drug-likeness (QED) is 0.455. The summed E-state index contributed by atoms with van der Waals surface area (Å²) in [6, 6.07) is 26.0. The molecule has 0 unspecified atom stereocenters. The average molecular weight is 486 g/mol. The van der Waals surface area contributed by atoms with E-state index < -0.39 is 0 Å². The maximum absolute atomic E-state index is 12.6. The van der Waals surface area contributed by atoms with E-state index in [9.17, 15) is 4.79 Å². The number of methoxy groups -OCH3 is 1. The number of hydrogen-bond donors (Lipinski definition) is 0. The maximum atomic E-state index is 12.6. The van der Waals surface area contributed by atoms with Crippen LogP contribution in [-0.4, -0.2) is 49.3 Å². The highest BCUT2D eigenvalue weighted by molar-refractivity contribution is 8.18. The van der Waals surface area contributed by atoms with Gasteiger partial charge in [0.05, 0.1) is 12.0 Å². The monoisotopic (exact) mass is 485 g/mol. The number of amides is 1. The number of thioether (sulfide) groups is 1. The summed E-state index contributed by atoms with van der Waals surface area (Å²) in [5.74, 6) is 1.48. The standard InChI is InChI=1S/C28H27N3O3S/c1-33-24-13-9-23(10-14-24)30-15-17-31(18-16-30)28-29-27(32)26(35-28)19-21-7-11-25(12-8-21)34-20-22-5-3-2-4-6-22/h2-14,19H,15-18,20H2,1H3/b26-19-. The highest BCUT2D eigenvalue weighted by Gasteiger charge is 2.28. The van der Waals surface area contributed by atoms with Crippen molar-refractivity contribution < 1.29 is 14.3 Å². The van der Waals surface area contributed by atoms with Crippen LogP contribution in [-0.2, 0) is 11.4 Å². The number of nitrogens with zero attached hydrogens (tertiary/aromatic N) is 3. The van der Waals surface area contributed by atoms with Gasteiger partial charge in [-0.2, -0.15) is 4.99 Å². The fourth-order valence-electron chi connectivity index (χ4n) is 4.03. The lowest BCUT2D eigenvalue weighted by Gasteiger charge is -2.36. The maximum Gasteiger partial charge on any atom is 0.286 e. The van der Waals surface area contributed by atoms with Crippen LogP contribution in [0.2, 0.25) is 0 Å². The van der Waals surface area contributed by atoms with Crippen LogP contribution in [0.4, 0.5) is 5.69 Å². The molecule has 1 amide bonds. The number of carbonyl (C=O) groups excluding carboxylic acids is 1. The topological polar surface area (TPSA) is 54.4 Å². The Morgan fingerprint density at radius 2 is 1.51 bits per heavy atom. The summed E-state index contributed by atoms with van der Waals surface area (Å²) < 4.78 is 11.1. The summed E-state index contributed by atoms with van der Waals surface area (Å²) in [5, 5.41) is 0.790. The summed E-state index contributed by atoms with van der Waals surface area (Å²) in [6.07, 6.45) is 1.90. The average Bonchev–Trinajstić information content (AvgIpc) is 3.29. The van der Waals surface area contributed by atoms with Gasteiger partial charge in [0.2, 0.25) is 0 Å². The van der Waals surface area contributed by atoms with E-state index in [0.29, 0.717) is 11.5 Å². The number of rotatable bonds is 6. The van der Waals surface area contributed by atoms with Crippen LogP contribution in [0, 0.1) is 0 Å². The van der Waals surface area contributed by atoms with Gasteiger partial charge in [0, 0.05) is 31.9 Å². The minimum atomic E-state index is -0.174. The first-order chi connectivity index (χ1) is 17.2. The molecule has 1 saturated heterocycles. The normalized spacial score (nSPS) is 17.0. The molecule has 7 heteroatoms. The van der Waals surface area contributed by atoms with Crippen molar-refractivity contribution in [3.8, 4) is 11.5 Å². The van der Waals surface area contributed by atoms with Crippen LogP contribution in [0.1, 0.15) is 11.1 Å². The van der Waals surface area contributed by atoms with Crippen molar-refractivity contribution in [3.63, 3.8) is 0 Å². The molecule has 0 atom stereocenters. The number of ether oxygens (including phenoxy) is 2. The zero-order valence-electron chi connectivity index (χ0n) is 19.6. The van der Waals surface area contributed by atoms with Crippen molar-refractivity contribution in [1.29, 1.82) is 0 Å². The molecule has 0 aliphatic carbocycles. The Morgan fingerprint density at radius 3 is 2.20 bits per heavy atom. The SMILES string of the molecule is COc1ccc(N2CCN(C3=NC(=O)/C(=C/c4ccc(OCc5ccccc5)cc4)S3)CC2)cc1. The number of anilines is 1. The van der Waals surface area contributed by atoms with Crippen LogP contribution >= 0.6 is 11.8 Å². The third kappa shape index (κ3) is 5.69. The van der Waals surface area contributed by atoms with Gasteiger partial charge >= 0.3 is 0 Å².